The lowest BCUT2D eigenvalue weighted by Crippen LogP contribution is -1.94. The van der Waals surface area contributed by atoms with Crippen LogP contribution in [0, 0.1) is 22.7 Å². The number of rotatable bonds is 5. The van der Waals surface area contributed by atoms with Crippen molar-refractivity contribution in [3.8, 4) is 12.1 Å². The molecule has 0 fully saturated rings. The van der Waals surface area contributed by atoms with E-state index in [1.807, 2.05) is 24.3 Å². The van der Waals surface area contributed by atoms with E-state index in [9.17, 15) is 0 Å². The summed E-state index contributed by atoms with van der Waals surface area (Å²) in [4.78, 5) is 0. The molecule has 1 rings (SSSR count). The summed E-state index contributed by atoms with van der Waals surface area (Å²) < 4.78 is 0. The van der Waals surface area contributed by atoms with Crippen molar-refractivity contribution in [2.75, 3.05) is 0 Å². The van der Waals surface area contributed by atoms with Crippen LogP contribution < -0.4 is 0 Å². The summed E-state index contributed by atoms with van der Waals surface area (Å²) in [6.45, 7) is 3.67. The average molecular weight is 210 g/mol. The maximum absolute atomic E-state index is 9.02. The Morgan fingerprint density at radius 3 is 2.62 bits per heavy atom. The van der Waals surface area contributed by atoms with Gasteiger partial charge in [-0.25, -0.2) is 0 Å². The number of benzene rings is 1. The molecule has 2 nitrogen and oxygen atoms in total. The molecule has 80 valence electrons. The van der Waals surface area contributed by atoms with E-state index in [4.69, 9.17) is 10.5 Å². The molecular weight excluding hydrogens is 196 g/mol. The molecule has 0 N–H and O–H groups in total. The number of allylic oxidation sites excluding steroid dienone is 1. The van der Waals surface area contributed by atoms with Gasteiger partial charge >= 0.3 is 0 Å². The second-order valence-electron chi connectivity index (χ2n) is 3.60. The first kappa shape index (κ1) is 12.0. The topological polar surface area (TPSA) is 47.6 Å². The van der Waals surface area contributed by atoms with Crippen LogP contribution in [-0.4, -0.2) is 0 Å². The molecule has 0 saturated carbocycles. The largest absolute Gasteiger partial charge is 0.192 e. The van der Waals surface area contributed by atoms with E-state index in [1.54, 1.807) is 6.07 Å². The number of hydrogen-bond donors (Lipinski definition) is 0. The molecule has 0 aliphatic heterocycles. The Balaban J connectivity index is 2.77. The summed E-state index contributed by atoms with van der Waals surface area (Å²) in [5.74, 6) is 0. The Hall–Kier alpha value is -2.06. The Morgan fingerprint density at radius 1 is 1.19 bits per heavy atom. The van der Waals surface area contributed by atoms with E-state index in [0.29, 0.717) is 11.1 Å². The van der Waals surface area contributed by atoms with Crippen molar-refractivity contribution in [2.24, 2.45) is 0 Å². The maximum atomic E-state index is 9.02. The van der Waals surface area contributed by atoms with Gasteiger partial charge in [-0.15, -0.1) is 6.58 Å². The second-order valence-corrected chi connectivity index (χ2v) is 3.60. The third-order valence-electron chi connectivity index (χ3n) is 2.49. The average Bonchev–Trinajstić information content (AvgIpc) is 2.34. The fourth-order valence-corrected chi connectivity index (χ4v) is 1.64. The maximum Gasteiger partial charge on any atom is 0.101 e. The van der Waals surface area contributed by atoms with Gasteiger partial charge in [0.05, 0.1) is 11.1 Å². The predicted molar refractivity (Wildman–Crippen MR) is 63.6 cm³/mol. The second kappa shape index (κ2) is 6.43. The molecule has 0 radical (unpaired) electrons. The van der Waals surface area contributed by atoms with Crippen molar-refractivity contribution in [3.63, 3.8) is 0 Å². The molecule has 16 heavy (non-hydrogen) atoms. The van der Waals surface area contributed by atoms with Crippen molar-refractivity contribution < 1.29 is 0 Å². The summed E-state index contributed by atoms with van der Waals surface area (Å²) in [5.41, 5.74) is 1.98. The van der Waals surface area contributed by atoms with Crippen LogP contribution in [0.25, 0.3) is 0 Å². The minimum Gasteiger partial charge on any atom is -0.192 e. The highest BCUT2D eigenvalue weighted by molar-refractivity contribution is 5.50. The number of nitriles is 2. The normalized spacial score (nSPS) is 9.12. The smallest absolute Gasteiger partial charge is 0.101 e. The highest BCUT2D eigenvalue weighted by Gasteiger charge is 2.06. The molecule has 0 heterocycles. The van der Waals surface area contributed by atoms with E-state index in [1.165, 1.54) is 0 Å². The van der Waals surface area contributed by atoms with Crippen LogP contribution in [-0.2, 0) is 6.42 Å². The van der Waals surface area contributed by atoms with Gasteiger partial charge in [-0.05, 0) is 37.3 Å². The van der Waals surface area contributed by atoms with Gasteiger partial charge in [-0.3, -0.25) is 0 Å². The van der Waals surface area contributed by atoms with Gasteiger partial charge in [0.15, 0.2) is 0 Å². The molecule has 2 heteroatoms. The Morgan fingerprint density at radius 2 is 2.00 bits per heavy atom. The SMILES string of the molecule is C=CCCCCc1cccc(C#N)c1C#N. The summed E-state index contributed by atoms with van der Waals surface area (Å²) in [6.07, 6.45) is 5.85. The van der Waals surface area contributed by atoms with Gasteiger partial charge < -0.3 is 0 Å². The Labute approximate surface area is 96.4 Å². The number of nitrogens with zero attached hydrogens (tertiary/aromatic N) is 2. The van der Waals surface area contributed by atoms with Gasteiger partial charge in [0.1, 0.15) is 12.1 Å². The van der Waals surface area contributed by atoms with Gasteiger partial charge in [0, 0.05) is 0 Å². The summed E-state index contributed by atoms with van der Waals surface area (Å²) in [5, 5.41) is 17.9. The van der Waals surface area contributed by atoms with Crippen LogP contribution in [0.4, 0.5) is 0 Å². The molecule has 0 bridgehead atoms. The van der Waals surface area contributed by atoms with Gasteiger partial charge in [0.25, 0.3) is 0 Å². The van der Waals surface area contributed by atoms with Gasteiger partial charge in [0.2, 0.25) is 0 Å². The molecule has 0 unspecified atom stereocenters. The zero-order chi connectivity index (χ0) is 11.8. The molecular formula is C14H14N2. The summed E-state index contributed by atoms with van der Waals surface area (Å²) in [6, 6.07) is 9.61. The van der Waals surface area contributed by atoms with Crippen molar-refractivity contribution in [1.82, 2.24) is 0 Å². The lowest BCUT2D eigenvalue weighted by Gasteiger charge is -2.04. The van der Waals surface area contributed by atoms with Crippen LogP contribution >= 0.6 is 0 Å². The highest BCUT2D eigenvalue weighted by Crippen LogP contribution is 2.16. The Kier molecular flexibility index (Phi) is 4.83. The van der Waals surface area contributed by atoms with Gasteiger partial charge in [-0.1, -0.05) is 18.2 Å². The minimum atomic E-state index is 0.476. The zero-order valence-corrected chi connectivity index (χ0v) is 9.24. The first-order valence-electron chi connectivity index (χ1n) is 5.36. The molecule has 0 atom stereocenters. The van der Waals surface area contributed by atoms with E-state index < -0.39 is 0 Å². The van der Waals surface area contributed by atoms with Crippen molar-refractivity contribution in [1.29, 1.82) is 10.5 Å². The summed E-state index contributed by atoms with van der Waals surface area (Å²) in [7, 11) is 0. The Bertz CT molecular complexity index is 447. The fourth-order valence-electron chi connectivity index (χ4n) is 1.64. The molecule has 0 aliphatic carbocycles. The van der Waals surface area contributed by atoms with E-state index in [2.05, 4.69) is 12.6 Å². The number of aryl methyl sites for hydroxylation is 1. The molecule has 0 saturated heterocycles. The standard InChI is InChI=1S/C14H14N2/c1-2-3-4-5-7-12-8-6-9-13(10-15)14(12)11-16/h2,6,8-9H,1,3-5,7H2. The van der Waals surface area contributed by atoms with E-state index >= 15 is 0 Å². The van der Waals surface area contributed by atoms with Crippen molar-refractivity contribution in [2.45, 2.75) is 25.7 Å². The fraction of sp³-hybridized carbons (Fsp3) is 0.286. The monoisotopic (exact) mass is 210 g/mol. The lowest BCUT2D eigenvalue weighted by molar-refractivity contribution is 0.747. The third-order valence-corrected chi connectivity index (χ3v) is 2.49. The molecule has 0 aliphatic rings. The third kappa shape index (κ3) is 2.97. The molecule has 0 spiro atoms. The van der Waals surface area contributed by atoms with Gasteiger partial charge in [-0.2, -0.15) is 10.5 Å². The number of unbranched alkanes of at least 4 members (excludes halogenated alkanes) is 2. The predicted octanol–water partition coefficient (Wildman–Crippen LogP) is 3.33. The molecule has 0 amide bonds. The summed E-state index contributed by atoms with van der Waals surface area (Å²) >= 11 is 0. The number of hydrogen-bond acceptors (Lipinski definition) is 2. The molecule has 1 aromatic rings. The van der Waals surface area contributed by atoms with Crippen LogP contribution in [0.5, 0.6) is 0 Å². The minimum absolute atomic E-state index is 0.476. The van der Waals surface area contributed by atoms with Crippen molar-refractivity contribution in [3.05, 3.63) is 47.5 Å². The molecule has 0 aromatic heterocycles. The van der Waals surface area contributed by atoms with E-state index in [0.717, 1.165) is 31.2 Å². The lowest BCUT2D eigenvalue weighted by atomic mass is 9.98. The molecule has 1 aromatic carbocycles. The first-order chi connectivity index (χ1) is 7.83. The van der Waals surface area contributed by atoms with E-state index in [-0.39, 0.29) is 0 Å². The van der Waals surface area contributed by atoms with Crippen LogP contribution in [0.2, 0.25) is 0 Å². The van der Waals surface area contributed by atoms with Crippen LogP contribution in [0.15, 0.2) is 30.9 Å². The highest BCUT2D eigenvalue weighted by atomic mass is 14.3. The van der Waals surface area contributed by atoms with Crippen molar-refractivity contribution >= 4 is 0 Å². The first-order valence-corrected chi connectivity index (χ1v) is 5.36. The zero-order valence-electron chi connectivity index (χ0n) is 9.24. The quantitative estimate of drug-likeness (QED) is 0.552. The van der Waals surface area contributed by atoms with Crippen LogP contribution in [0.1, 0.15) is 36.0 Å². The van der Waals surface area contributed by atoms with Crippen LogP contribution in [0.3, 0.4) is 0 Å².